The van der Waals surface area contributed by atoms with E-state index >= 15 is 0 Å². The number of hydrogen-bond donors (Lipinski definition) is 3. The summed E-state index contributed by atoms with van der Waals surface area (Å²) < 4.78 is 34.2. The van der Waals surface area contributed by atoms with Crippen molar-refractivity contribution in [2.24, 2.45) is 0 Å². The SMILES string of the molecule is CCCO[C@H]1O[C@H](CO)[C@H](O)[C@H](OC(=S)Oc2ccc(F)cc2)[C@H]1O. The number of halogens is 1. The zero-order valence-electron chi connectivity index (χ0n) is 13.6. The first-order chi connectivity index (χ1) is 12.0. The molecule has 2 rings (SSSR count). The fourth-order valence-electron chi connectivity index (χ4n) is 2.30. The van der Waals surface area contributed by atoms with Crippen LogP contribution in [0.3, 0.4) is 0 Å². The zero-order valence-corrected chi connectivity index (χ0v) is 14.4. The zero-order chi connectivity index (χ0) is 18.4. The van der Waals surface area contributed by atoms with Gasteiger partial charge in [-0.25, -0.2) is 4.39 Å². The third-order valence-corrected chi connectivity index (χ3v) is 3.73. The molecule has 7 nitrogen and oxygen atoms in total. The molecule has 1 saturated heterocycles. The van der Waals surface area contributed by atoms with Crippen LogP contribution in [0.15, 0.2) is 24.3 Å². The summed E-state index contributed by atoms with van der Waals surface area (Å²) in [6.07, 6.45) is -5.32. The molecule has 0 radical (unpaired) electrons. The molecule has 0 amide bonds. The van der Waals surface area contributed by atoms with E-state index in [9.17, 15) is 19.7 Å². The van der Waals surface area contributed by atoms with Crippen LogP contribution < -0.4 is 4.74 Å². The standard InChI is InChI=1S/C16H21FO7S/c1-2-7-21-15-13(20)14(12(19)11(8-18)23-15)24-16(25)22-10-5-3-9(17)4-6-10/h3-6,11-15,18-20H,2,7-8H2,1H3/t11-,12+,13-,14+,15+/m1/s1. The number of aliphatic hydroxyl groups excluding tert-OH is 3. The molecule has 5 atom stereocenters. The number of benzene rings is 1. The molecule has 0 aliphatic carbocycles. The van der Waals surface area contributed by atoms with Gasteiger partial charge in [0.2, 0.25) is 0 Å². The van der Waals surface area contributed by atoms with Crippen molar-refractivity contribution in [3.8, 4) is 5.75 Å². The molecule has 9 heteroatoms. The lowest BCUT2D eigenvalue weighted by atomic mass is 9.99. The molecule has 140 valence electrons. The van der Waals surface area contributed by atoms with E-state index in [0.717, 1.165) is 0 Å². The summed E-state index contributed by atoms with van der Waals surface area (Å²) in [5, 5.41) is 29.5. The number of ether oxygens (including phenoxy) is 4. The van der Waals surface area contributed by atoms with Crippen LogP contribution in [-0.4, -0.2) is 64.5 Å². The largest absolute Gasteiger partial charge is 0.447 e. The molecule has 1 aromatic rings. The summed E-state index contributed by atoms with van der Waals surface area (Å²) in [6.45, 7) is 1.71. The Labute approximate surface area is 149 Å². The van der Waals surface area contributed by atoms with Crippen LogP contribution in [0.2, 0.25) is 0 Å². The smallest absolute Gasteiger partial charge is 0.358 e. The Morgan fingerprint density at radius 1 is 1.24 bits per heavy atom. The van der Waals surface area contributed by atoms with E-state index in [2.05, 4.69) is 0 Å². The first kappa shape index (κ1) is 20.0. The van der Waals surface area contributed by atoms with Crippen molar-refractivity contribution in [2.45, 2.75) is 44.1 Å². The summed E-state index contributed by atoms with van der Waals surface area (Å²) in [7, 11) is 0. The van der Waals surface area contributed by atoms with Gasteiger partial charge in [-0.05, 0) is 30.7 Å². The quantitative estimate of drug-likeness (QED) is 0.626. The minimum atomic E-state index is -1.35. The Kier molecular flexibility index (Phi) is 7.48. The van der Waals surface area contributed by atoms with Crippen molar-refractivity contribution in [1.82, 2.24) is 0 Å². The average molecular weight is 376 g/mol. The third kappa shape index (κ3) is 5.30. The minimum Gasteiger partial charge on any atom is -0.447 e. The Morgan fingerprint density at radius 3 is 2.52 bits per heavy atom. The van der Waals surface area contributed by atoms with Gasteiger partial charge in [0, 0.05) is 18.8 Å². The fraction of sp³-hybridized carbons (Fsp3) is 0.562. The maximum absolute atomic E-state index is 12.9. The van der Waals surface area contributed by atoms with Crippen molar-refractivity contribution in [3.63, 3.8) is 0 Å². The lowest BCUT2D eigenvalue weighted by Crippen LogP contribution is -2.60. The van der Waals surface area contributed by atoms with Gasteiger partial charge in [-0.3, -0.25) is 0 Å². The van der Waals surface area contributed by atoms with Gasteiger partial charge in [0.05, 0.1) is 6.61 Å². The second-order valence-corrected chi connectivity index (χ2v) is 5.80. The highest BCUT2D eigenvalue weighted by Crippen LogP contribution is 2.25. The third-order valence-electron chi connectivity index (χ3n) is 3.56. The van der Waals surface area contributed by atoms with Crippen LogP contribution in [0, 0.1) is 5.82 Å². The topological polar surface area (TPSA) is 97.6 Å². The van der Waals surface area contributed by atoms with E-state index in [4.69, 9.17) is 31.2 Å². The van der Waals surface area contributed by atoms with Crippen molar-refractivity contribution in [3.05, 3.63) is 30.1 Å². The Bertz CT molecular complexity index is 556. The minimum absolute atomic E-state index is 0.236. The van der Waals surface area contributed by atoms with Gasteiger partial charge in [0.1, 0.15) is 29.9 Å². The van der Waals surface area contributed by atoms with E-state index < -0.39 is 43.1 Å². The molecule has 1 fully saturated rings. The molecule has 1 aliphatic heterocycles. The predicted molar refractivity (Wildman–Crippen MR) is 88.5 cm³/mol. The van der Waals surface area contributed by atoms with Crippen LogP contribution in [0.1, 0.15) is 13.3 Å². The molecule has 0 unspecified atom stereocenters. The maximum Gasteiger partial charge on any atom is 0.358 e. The molecule has 0 spiro atoms. The molecule has 1 heterocycles. The number of thiocarbonyl (C=S) groups is 1. The molecule has 25 heavy (non-hydrogen) atoms. The summed E-state index contributed by atoms with van der Waals surface area (Å²) in [4.78, 5) is 0. The molecule has 0 bridgehead atoms. The van der Waals surface area contributed by atoms with Crippen LogP contribution in [0.25, 0.3) is 0 Å². The van der Waals surface area contributed by atoms with Gasteiger partial charge < -0.3 is 34.3 Å². The van der Waals surface area contributed by atoms with E-state index in [1.165, 1.54) is 24.3 Å². The molecule has 0 aromatic heterocycles. The average Bonchev–Trinajstić information content (AvgIpc) is 2.60. The van der Waals surface area contributed by atoms with Crippen molar-refractivity contribution >= 4 is 17.5 Å². The van der Waals surface area contributed by atoms with Crippen molar-refractivity contribution in [1.29, 1.82) is 0 Å². The maximum atomic E-state index is 12.9. The Hall–Kier alpha value is -1.36. The van der Waals surface area contributed by atoms with E-state index in [-0.39, 0.29) is 11.0 Å². The monoisotopic (exact) mass is 376 g/mol. The van der Waals surface area contributed by atoms with Crippen LogP contribution >= 0.6 is 12.2 Å². The molecule has 0 saturated carbocycles. The van der Waals surface area contributed by atoms with E-state index in [0.29, 0.717) is 13.0 Å². The van der Waals surface area contributed by atoms with Gasteiger partial charge in [-0.2, -0.15) is 0 Å². The highest BCUT2D eigenvalue weighted by molar-refractivity contribution is 7.79. The summed E-state index contributed by atoms with van der Waals surface area (Å²) in [6, 6.07) is 5.08. The second-order valence-electron chi connectivity index (χ2n) is 5.47. The molecule has 1 aliphatic rings. The predicted octanol–water partition coefficient (Wildman–Crippen LogP) is 0.740. The van der Waals surface area contributed by atoms with E-state index in [1.54, 1.807) is 0 Å². The Morgan fingerprint density at radius 2 is 1.92 bits per heavy atom. The summed E-state index contributed by atoms with van der Waals surface area (Å²) in [5.41, 5.74) is 0. The van der Waals surface area contributed by atoms with Crippen LogP contribution in [0.5, 0.6) is 5.75 Å². The van der Waals surface area contributed by atoms with Gasteiger partial charge in [-0.1, -0.05) is 6.92 Å². The molecule has 3 N–H and O–H groups in total. The van der Waals surface area contributed by atoms with Gasteiger partial charge >= 0.3 is 5.24 Å². The fourth-order valence-corrected chi connectivity index (χ4v) is 2.51. The van der Waals surface area contributed by atoms with Gasteiger partial charge in [0.25, 0.3) is 0 Å². The van der Waals surface area contributed by atoms with Gasteiger partial charge in [0.15, 0.2) is 12.4 Å². The van der Waals surface area contributed by atoms with E-state index in [1.807, 2.05) is 6.92 Å². The summed E-state index contributed by atoms with van der Waals surface area (Å²) >= 11 is 4.95. The number of hydrogen-bond acceptors (Lipinski definition) is 8. The van der Waals surface area contributed by atoms with Crippen molar-refractivity contribution < 1.29 is 38.7 Å². The second kappa shape index (κ2) is 9.37. The lowest BCUT2D eigenvalue weighted by Gasteiger charge is -2.41. The van der Waals surface area contributed by atoms with Crippen LogP contribution in [0.4, 0.5) is 4.39 Å². The number of rotatable bonds is 6. The lowest BCUT2D eigenvalue weighted by molar-refractivity contribution is -0.299. The molecular formula is C16H21FO7S. The van der Waals surface area contributed by atoms with Crippen molar-refractivity contribution in [2.75, 3.05) is 13.2 Å². The number of aliphatic hydroxyl groups is 3. The highest BCUT2D eigenvalue weighted by Gasteiger charge is 2.47. The normalized spacial score (nSPS) is 29.2. The summed E-state index contributed by atoms with van der Waals surface area (Å²) in [5.74, 6) is -0.198. The highest BCUT2D eigenvalue weighted by atomic mass is 32.1. The van der Waals surface area contributed by atoms with Gasteiger partial charge in [-0.15, -0.1) is 0 Å². The Balaban J connectivity index is 2.02. The van der Waals surface area contributed by atoms with Crippen LogP contribution in [-0.2, 0) is 14.2 Å². The molecular weight excluding hydrogens is 355 g/mol. The molecule has 1 aromatic carbocycles. The first-order valence-electron chi connectivity index (χ1n) is 7.84. The first-order valence-corrected chi connectivity index (χ1v) is 8.25.